The van der Waals surface area contributed by atoms with Crippen molar-refractivity contribution in [3.63, 3.8) is 0 Å². The molecule has 3 aromatic rings. The number of fused-ring (bicyclic) bond motifs is 1. The number of hydrogen-bond acceptors (Lipinski definition) is 4. The molecule has 0 aliphatic heterocycles. The Morgan fingerprint density at radius 1 is 1.09 bits per heavy atom. The van der Waals surface area contributed by atoms with E-state index in [9.17, 15) is 9.59 Å². The van der Waals surface area contributed by atoms with Gasteiger partial charge in [-0.3, -0.25) is 13.9 Å². The van der Waals surface area contributed by atoms with Crippen molar-refractivity contribution in [1.82, 2.24) is 18.7 Å². The molecular weight excluding hydrogens is 336 g/mol. The molecule has 120 valence electrons. The average Bonchev–Trinajstić information content (AvgIpc) is 2.87. The summed E-state index contributed by atoms with van der Waals surface area (Å²) in [7, 11) is 4.88. The van der Waals surface area contributed by atoms with Crippen LogP contribution in [0.25, 0.3) is 11.2 Å². The monoisotopic (exact) mass is 350 g/mol. The second-order valence-electron chi connectivity index (χ2n) is 5.21. The van der Waals surface area contributed by atoms with E-state index >= 15 is 0 Å². The first-order chi connectivity index (χ1) is 10.9. The molecule has 6 nitrogen and oxygen atoms in total. The number of nitrogens with zero attached hydrogens (tertiary/aromatic N) is 4. The zero-order valence-electron chi connectivity index (χ0n) is 12.9. The van der Waals surface area contributed by atoms with Crippen LogP contribution >= 0.6 is 23.4 Å². The molecule has 0 aliphatic rings. The average molecular weight is 351 g/mol. The van der Waals surface area contributed by atoms with Gasteiger partial charge in [0.05, 0.1) is 0 Å². The number of rotatable bonds is 3. The molecule has 2 aromatic heterocycles. The highest BCUT2D eigenvalue weighted by atomic mass is 35.5. The van der Waals surface area contributed by atoms with Crippen LogP contribution in [0.1, 0.15) is 5.56 Å². The lowest BCUT2D eigenvalue weighted by Gasteiger charge is -2.06. The number of benzene rings is 1. The predicted octanol–water partition coefficient (Wildman–Crippen LogP) is 1.92. The maximum atomic E-state index is 12.2. The van der Waals surface area contributed by atoms with Gasteiger partial charge in [0.1, 0.15) is 0 Å². The van der Waals surface area contributed by atoms with Crippen molar-refractivity contribution in [2.75, 3.05) is 0 Å². The molecule has 0 fully saturated rings. The van der Waals surface area contributed by atoms with Gasteiger partial charge in [0.15, 0.2) is 16.3 Å². The second-order valence-corrected chi connectivity index (χ2v) is 6.56. The summed E-state index contributed by atoms with van der Waals surface area (Å²) < 4.78 is 4.26. The van der Waals surface area contributed by atoms with Crippen LogP contribution in [0.15, 0.2) is 39.0 Å². The number of aryl methyl sites for hydroxylation is 2. The van der Waals surface area contributed by atoms with E-state index < -0.39 is 0 Å². The lowest BCUT2D eigenvalue weighted by atomic mass is 10.2. The molecule has 0 spiro atoms. The van der Waals surface area contributed by atoms with Gasteiger partial charge < -0.3 is 4.57 Å². The Labute approximate surface area is 141 Å². The van der Waals surface area contributed by atoms with Crippen molar-refractivity contribution in [2.45, 2.75) is 10.9 Å². The van der Waals surface area contributed by atoms with Gasteiger partial charge in [-0.2, -0.15) is 0 Å². The van der Waals surface area contributed by atoms with Crippen LogP contribution < -0.4 is 11.2 Å². The summed E-state index contributed by atoms with van der Waals surface area (Å²) in [6.07, 6.45) is 0. The number of halogens is 1. The van der Waals surface area contributed by atoms with Gasteiger partial charge in [-0.15, -0.1) is 0 Å². The Bertz CT molecular complexity index is 1020. The van der Waals surface area contributed by atoms with Crippen molar-refractivity contribution in [3.05, 3.63) is 55.7 Å². The van der Waals surface area contributed by atoms with Crippen molar-refractivity contribution in [3.8, 4) is 0 Å². The number of hydrogen-bond donors (Lipinski definition) is 0. The quantitative estimate of drug-likeness (QED) is 0.677. The predicted molar refractivity (Wildman–Crippen MR) is 92.2 cm³/mol. The summed E-state index contributed by atoms with van der Waals surface area (Å²) in [4.78, 5) is 28.7. The molecule has 0 saturated heterocycles. The lowest BCUT2D eigenvalue weighted by molar-refractivity contribution is 0.690. The zero-order chi connectivity index (χ0) is 16.7. The third kappa shape index (κ3) is 2.60. The van der Waals surface area contributed by atoms with Crippen molar-refractivity contribution in [2.24, 2.45) is 21.1 Å². The standard InChI is InChI=1S/C15H15ClN4O2S/c1-18-12-11(13(21)20(3)15(22)19(12)2)17-14(18)23-8-9-6-4-5-7-10(9)16/h4-7H,8H2,1-3H3. The fraction of sp³-hybridized carbons (Fsp3) is 0.267. The van der Waals surface area contributed by atoms with E-state index in [2.05, 4.69) is 4.98 Å². The molecular formula is C15H15ClN4O2S. The van der Waals surface area contributed by atoms with Crippen molar-refractivity contribution >= 4 is 34.5 Å². The van der Waals surface area contributed by atoms with Crippen LogP contribution in [0.5, 0.6) is 0 Å². The Morgan fingerprint density at radius 3 is 2.48 bits per heavy atom. The summed E-state index contributed by atoms with van der Waals surface area (Å²) in [5.74, 6) is 0.630. The SMILES string of the molecule is Cn1c(=O)c2nc(SCc3ccccc3Cl)n(C)c2n(C)c1=O. The molecule has 0 aliphatic carbocycles. The molecule has 8 heteroatoms. The smallest absolute Gasteiger partial charge is 0.308 e. The summed E-state index contributed by atoms with van der Waals surface area (Å²) in [5, 5.41) is 1.36. The molecule has 2 heterocycles. The third-order valence-electron chi connectivity index (χ3n) is 3.74. The fourth-order valence-corrected chi connectivity index (χ4v) is 3.70. The van der Waals surface area contributed by atoms with Crippen LogP contribution in [0.3, 0.4) is 0 Å². The van der Waals surface area contributed by atoms with Gasteiger partial charge in [0.25, 0.3) is 5.56 Å². The maximum Gasteiger partial charge on any atom is 0.332 e. The number of thioether (sulfide) groups is 1. The van der Waals surface area contributed by atoms with E-state index in [0.29, 0.717) is 27.1 Å². The number of aromatic nitrogens is 4. The van der Waals surface area contributed by atoms with E-state index in [-0.39, 0.29) is 11.2 Å². The molecule has 3 rings (SSSR count). The molecule has 23 heavy (non-hydrogen) atoms. The summed E-state index contributed by atoms with van der Waals surface area (Å²) >= 11 is 7.63. The van der Waals surface area contributed by atoms with Crippen LogP contribution in [0.2, 0.25) is 5.02 Å². The Kier molecular flexibility index (Phi) is 4.08. The molecule has 0 radical (unpaired) electrons. The highest BCUT2D eigenvalue weighted by molar-refractivity contribution is 7.98. The highest BCUT2D eigenvalue weighted by Gasteiger charge is 2.17. The highest BCUT2D eigenvalue weighted by Crippen LogP contribution is 2.27. The van der Waals surface area contributed by atoms with E-state index in [1.807, 2.05) is 24.3 Å². The molecule has 0 atom stereocenters. The first kappa shape index (κ1) is 15.9. The maximum absolute atomic E-state index is 12.2. The fourth-order valence-electron chi connectivity index (χ4n) is 2.45. The number of imidazole rings is 1. The molecule has 0 unspecified atom stereocenters. The van der Waals surface area contributed by atoms with Gasteiger partial charge in [0, 0.05) is 31.9 Å². The zero-order valence-corrected chi connectivity index (χ0v) is 14.5. The Balaban J connectivity index is 2.07. The van der Waals surface area contributed by atoms with Crippen LogP contribution in [-0.2, 0) is 26.9 Å². The first-order valence-corrected chi connectivity index (χ1v) is 8.26. The van der Waals surface area contributed by atoms with Gasteiger partial charge >= 0.3 is 5.69 Å². The molecule has 0 bridgehead atoms. The summed E-state index contributed by atoms with van der Waals surface area (Å²) in [5.41, 5.74) is 1.04. The second kappa shape index (κ2) is 5.90. The molecule has 0 N–H and O–H groups in total. The minimum atomic E-state index is -0.386. The first-order valence-electron chi connectivity index (χ1n) is 6.90. The molecule has 0 amide bonds. The Hall–Kier alpha value is -1.99. The van der Waals surface area contributed by atoms with Crippen LogP contribution in [-0.4, -0.2) is 18.7 Å². The minimum Gasteiger partial charge on any atom is -0.308 e. The van der Waals surface area contributed by atoms with Crippen molar-refractivity contribution in [1.29, 1.82) is 0 Å². The summed E-state index contributed by atoms with van der Waals surface area (Å²) in [6, 6.07) is 7.60. The normalized spacial score (nSPS) is 11.3. The van der Waals surface area contributed by atoms with Gasteiger partial charge in [-0.05, 0) is 11.6 Å². The molecule has 0 saturated carbocycles. The van der Waals surface area contributed by atoms with E-state index in [4.69, 9.17) is 11.6 Å². The Morgan fingerprint density at radius 2 is 1.78 bits per heavy atom. The lowest BCUT2D eigenvalue weighted by Crippen LogP contribution is -2.37. The van der Waals surface area contributed by atoms with Crippen molar-refractivity contribution < 1.29 is 0 Å². The van der Waals surface area contributed by atoms with E-state index in [1.54, 1.807) is 18.7 Å². The topological polar surface area (TPSA) is 61.8 Å². The molecule has 1 aromatic carbocycles. The minimum absolute atomic E-state index is 0.291. The summed E-state index contributed by atoms with van der Waals surface area (Å²) in [6.45, 7) is 0. The third-order valence-corrected chi connectivity index (χ3v) is 5.18. The van der Waals surface area contributed by atoms with E-state index in [0.717, 1.165) is 10.1 Å². The largest absolute Gasteiger partial charge is 0.332 e. The van der Waals surface area contributed by atoms with Crippen LogP contribution in [0, 0.1) is 0 Å². The van der Waals surface area contributed by atoms with Gasteiger partial charge in [-0.25, -0.2) is 9.78 Å². The van der Waals surface area contributed by atoms with Crippen LogP contribution in [0.4, 0.5) is 0 Å². The van der Waals surface area contributed by atoms with E-state index in [1.165, 1.54) is 23.4 Å². The van der Waals surface area contributed by atoms with Gasteiger partial charge in [-0.1, -0.05) is 41.6 Å². The van der Waals surface area contributed by atoms with Gasteiger partial charge in [0.2, 0.25) is 0 Å².